The van der Waals surface area contributed by atoms with Crippen molar-refractivity contribution in [2.75, 3.05) is 57.7 Å². The molecule has 0 saturated heterocycles. The quantitative estimate of drug-likeness (QED) is 0.630. The van der Waals surface area contributed by atoms with Gasteiger partial charge in [-0.05, 0) is 24.6 Å². The van der Waals surface area contributed by atoms with Crippen LogP contribution in [0.5, 0.6) is 0 Å². The van der Waals surface area contributed by atoms with Crippen molar-refractivity contribution in [3.8, 4) is 0 Å². The molecular formula is C15H24FNO3. The van der Waals surface area contributed by atoms with E-state index in [1.54, 1.807) is 0 Å². The third-order valence-corrected chi connectivity index (χ3v) is 2.83. The van der Waals surface area contributed by atoms with Crippen LogP contribution in [-0.4, -0.2) is 57.9 Å². The summed E-state index contributed by atoms with van der Waals surface area (Å²) in [7, 11) is 0. The zero-order valence-electron chi connectivity index (χ0n) is 12.1. The van der Waals surface area contributed by atoms with Crippen molar-refractivity contribution >= 4 is 5.69 Å². The van der Waals surface area contributed by atoms with E-state index in [2.05, 4.69) is 0 Å². The monoisotopic (exact) mass is 285 g/mol. The molecule has 1 aromatic carbocycles. The molecule has 0 aliphatic rings. The second kappa shape index (κ2) is 10.6. The molecule has 0 saturated carbocycles. The molecule has 0 amide bonds. The Bertz CT molecular complexity index is 363. The molecule has 5 heteroatoms. The van der Waals surface area contributed by atoms with Crippen molar-refractivity contribution in [1.29, 1.82) is 0 Å². The lowest BCUT2D eigenvalue weighted by atomic mass is 10.2. The molecule has 4 nitrogen and oxygen atoms in total. The van der Waals surface area contributed by atoms with Crippen molar-refractivity contribution in [1.82, 2.24) is 0 Å². The van der Waals surface area contributed by atoms with Crippen LogP contribution in [0.1, 0.15) is 5.56 Å². The fourth-order valence-electron chi connectivity index (χ4n) is 1.86. The summed E-state index contributed by atoms with van der Waals surface area (Å²) in [6, 6.07) is 8.01. The molecule has 0 aliphatic carbocycles. The molecule has 0 heterocycles. The van der Waals surface area contributed by atoms with Crippen LogP contribution in [0.2, 0.25) is 0 Å². The van der Waals surface area contributed by atoms with Gasteiger partial charge in [0.1, 0.15) is 6.67 Å². The molecular weight excluding hydrogens is 261 g/mol. The number of benzene rings is 1. The van der Waals surface area contributed by atoms with Crippen molar-refractivity contribution in [2.24, 2.45) is 0 Å². The molecule has 1 rings (SSSR count). The van der Waals surface area contributed by atoms with Gasteiger partial charge in [-0.15, -0.1) is 0 Å². The van der Waals surface area contributed by atoms with E-state index in [9.17, 15) is 4.39 Å². The Balaban J connectivity index is 2.29. The van der Waals surface area contributed by atoms with Gasteiger partial charge in [-0.2, -0.15) is 0 Å². The van der Waals surface area contributed by atoms with E-state index in [1.165, 1.54) is 0 Å². The summed E-state index contributed by atoms with van der Waals surface area (Å²) >= 11 is 0. The van der Waals surface area contributed by atoms with Crippen molar-refractivity contribution in [3.63, 3.8) is 0 Å². The van der Waals surface area contributed by atoms with Crippen LogP contribution in [-0.2, 0) is 9.47 Å². The number of aryl methyl sites for hydroxylation is 1. The van der Waals surface area contributed by atoms with Crippen molar-refractivity contribution in [2.45, 2.75) is 6.92 Å². The lowest BCUT2D eigenvalue weighted by Crippen LogP contribution is -2.30. The van der Waals surface area contributed by atoms with Gasteiger partial charge in [0, 0.05) is 18.8 Å². The zero-order valence-corrected chi connectivity index (χ0v) is 12.1. The molecule has 0 aliphatic heterocycles. The average Bonchev–Trinajstić information content (AvgIpc) is 2.45. The highest BCUT2D eigenvalue weighted by molar-refractivity contribution is 5.48. The van der Waals surface area contributed by atoms with Crippen LogP contribution in [0.15, 0.2) is 24.3 Å². The van der Waals surface area contributed by atoms with Crippen LogP contribution in [0.25, 0.3) is 0 Å². The third-order valence-electron chi connectivity index (χ3n) is 2.83. The minimum absolute atomic E-state index is 0.0254. The first-order valence-corrected chi connectivity index (χ1v) is 6.92. The summed E-state index contributed by atoms with van der Waals surface area (Å²) < 4.78 is 23.1. The maximum Gasteiger partial charge on any atom is 0.107 e. The summed E-state index contributed by atoms with van der Waals surface area (Å²) in [5.41, 5.74) is 2.17. The van der Waals surface area contributed by atoms with E-state index in [0.717, 1.165) is 11.3 Å². The van der Waals surface area contributed by atoms with E-state index in [0.29, 0.717) is 39.5 Å². The Kier molecular flexibility index (Phi) is 8.95. The SMILES string of the molecule is Cc1cccc(N(CCF)CCOCCOCCO)c1. The van der Waals surface area contributed by atoms with E-state index < -0.39 is 0 Å². The van der Waals surface area contributed by atoms with Crippen LogP contribution < -0.4 is 4.90 Å². The van der Waals surface area contributed by atoms with Gasteiger partial charge in [0.25, 0.3) is 0 Å². The maximum atomic E-state index is 12.6. The summed E-state index contributed by atoms with van der Waals surface area (Å²) in [6.07, 6.45) is 0. The summed E-state index contributed by atoms with van der Waals surface area (Å²) in [5.74, 6) is 0. The first-order valence-electron chi connectivity index (χ1n) is 6.92. The molecule has 0 bridgehead atoms. The number of hydrogen-bond donors (Lipinski definition) is 1. The van der Waals surface area contributed by atoms with Gasteiger partial charge in [-0.25, -0.2) is 4.39 Å². The number of alkyl halides is 1. The molecule has 0 aromatic heterocycles. The van der Waals surface area contributed by atoms with Crippen LogP contribution in [0.4, 0.5) is 10.1 Å². The van der Waals surface area contributed by atoms with Crippen molar-refractivity contribution < 1.29 is 19.0 Å². The molecule has 20 heavy (non-hydrogen) atoms. The second-order valence-electron chi connectivity index (χ2n) is 4.46. The highest BCUT2D eigenvalue weighted by atomic mass is 19.1. The average molecular weight is 285 g/mol. The second-order valence-corrected chi connectivity index (χ2v) is 4.46. The van der Waals surface area contributed by atoms with E-state index in [4.69, 9.17) is 14.6 Å². The Morgan fingerprint density at radius 2 is 1.85 bits per heavy atom. The van der Waals surface area contributed by atoms with Crippen LogP contribution in [0.3, 0.4) is 0 Å². The lowest BCUT2D eigenvalue weighted by Gasteiger charge is -2.23. The minimum atomic E-state index is -0.381. The molecule has 1 aromatic rings. The molecule has 0 unspecified atom stereocenters. The first-order chi connectivity index (χ1) is 9.77. The predicted octanol–water partition coefficient (Wildman–Crippen LogP) is 1.80. The predicted molar refractivity (Wildman–Crippen MR) is 78.1 cm³/mol. The Morgan fingerprint density at radius 3 is 2.50 bits per heavy atom. The largest absolute Gasteiger partial charge is 0.394 e. The fraction of sp³-hybridized carbons (Fsp3) is 0.600. The number of halogens is 1. The minimum Gasteiger partial charge on any atom is -0.394 e. The van der Waals surface area contributed by atoms with E-state index >= 15 is 0 Å². The summed E-state index contributed by atoms with van der Waals surface area (Å²) in [5, 5.41) is 8.54. The van der Waals surface area contributed by atoms with E-state index in [-0.39, 0.29) is 13.3 Å². The number of nitrogens with zero attached hydrogens (tertiary/aromatic N) is 1. The highest BCUT2D eigenvalue weighted by Crippen LogP contribution is 2.15. The van der Waals surface area contributed by atoms with Gasteiger partial charge in [0.05, 0.1) is 33.0 Å². The molecule has 114 valence electrons. The number of hydrogen-bond acceptors (Lipinski definition) is 4. The third kappa shape index (κ3) is 6.84. The topological polar surface area (TPSA) is 41.9 Å². The van der Waals surface area contributed by atoms with Gasteiger partial charge in [0.15, 0.2) is 0 Å². The van der Waals surface area contributed by atoms with Crippen LogP contribution in [0, 0.1) is 6.92 Å². The normalized spacial score (nSPS) is 10.8. The smallest absolute Gasteiger partial charge is 0.107 e. The summed E-state index contributed by atoms with van der Waals surface area (Å²) in [4.78, 5) is 1.97. The molecule has 0 spiro atoms. The zero-order chi connectivity index (χ0) is 14.6. The first kappa shape index (κ1) is 16.9. The molecule has 0 fully saturated rings. The van der Waals surface area contributed by atoms with Gasteiger partial charge in [-0.3, -0.25) is 0 Å². The van der Waals surface area contributed by atoms with Gasteiger partial charge >= 0.3 is 0 Å². The Morgan fingerprint density at radius 1 is 1.10 bits per heavy atom. The summed E-state index contributed by atoms with van der Waals surface area (Å²) in [6.45, 7) is 4.49. The lowest BCUT2D eigenvalue weighted by molar-refractivity contribution is 0.0351. The molecule has 0 radical (unpaired) electrons. The number of anilines is 1. The Hall–Kier alpha value is -1.17. The van der Waals surface area contributed by atoms with Gasteiger partial charge < -0.3 is 19.5 Å². The number of ether oxygens (including phenoxy) is 2. The van der Waals surface area contributed by atoms with Gasteiger partial charge in [0.2, 0.25) is 0 Å². The van der Waals surface area contributed by atoms with Gasteiger partial charge in [-0.1, -0.05) is 12.1 Å². The number of aliphatic hydroxyl groups is 1. The number of aliphatic hydroxyl groups excluding tert-OH is 1. The van der Waals surface area contributed by atoms with Crippen molar-refractivity contribution in [3.05, 3.63) is 29.8 Å². The Labute approximate surface area is 120 Å². The maximum absolute atomic E-state index is 12.6. The highest BCUT2D eigenvalue weighted by Gasteiger charge is 2.06. The molecule has 1 N–H and O–H groups in total. The standard InChI is InChI=1S/C15H24FNO3/c1-14-3-2-4-15(13-14)17(6-5-16)7-9-19-11-12-20-10-8-18/h2-4,13,18H,5-12H2,1H3. The fourth-order valence-corrected chi connectivity index (χ4v) is 1.86. The molecule has 0 atom stereocenters. The number of rotatable bonds is 11. The van der Waals surface area contributed by atoms with Crippen LogP contribution >= 0.6 is 0 Å². The van der Waals surface area contributed by atoms with E-state index in [1.807, 2.05) is 36.1 Å².